The number of likely N-dealkylation sites (N-methyl/N-ethyl adjacent to an activating group) is 1. The molecule has 1 saturated heterocycles. The highest BCUT2D eigenvalue weighted by Crippen LogP contribution is 2.23. The fourth-order valence-corrected chi connectivity index (χ4v) is 2.75. The van der Waals surface area contributed by atoms with Gasteiger partial charge in [-0.2, -0.15) is 0 Å². The molecule has 1 amide bonds. The van der Waals surface area contributed by atoms with E-state index in [1.165, 1.54) is 12.1 Å². The first-order chi connectivity index (χ1) is 10.0. The number of likely N-dealkylation sites (tertiary alicyclic amines) is 1. The van der Waals surface area contributed by atoms with Crippen molar-refractivity contribution in [2.24, 2.45) is 0 Å². The maximum absolute atomic E-state index is 12.3. The third kappa shape index (κ3) is 3.92. The number of piperidine rings is 1. The maximum Gasteiger partial charge on any atom is 0.270 e. The first kappa shape index (κ1) is 15.7. The molecule has 1 N–H and O–H groups in total. The zero-order valence-electron chi connectivity index (χ0n) is 11.8. The molecule has 0 radical (unpaired) electrons. The van der Waals surface area contributed by atoms with Crippen LogP contribution in [-0.2, 0) is 11.2 Å². The Morgan fingerprint density at radius 3 is 2.95 bits per heavy atom. The van der Waals surface area contributed by atoms with E-state index >= 15 is 0 Å². The highest BCUT2D eigenvalue weighted by molar-refractivity contribution is 6.31. The smallest absolute Gasteiger partial charge is 0.270 e. The third-order valence-corrected chi connectivity index (χ3v) is 4.12. The van der Waals surface area contributed by atoms with Crippen LogP contribution in [0.25, 0.3) is 0 Å². The molecule has 0 spiro atoms. The van der Waals surface area contributed by atoms with Gasteiger partial charge in [0.05, 0.1) is 16.4 Å². The Morgan fingerprint density at radius 1 is 1.57 bits per heavy atom. The van der Waals surface area contributed by atoms with Gasteiger partial charge in [0.25, 0.3) is 5.69 Å². The number of nitro benzene ring substituents is 1. The Kier molecular flexibility index (Phi) is 5.14. The third-order valence-electron chi connectivity index (χ3n) is 3.77. The van der Waals surface area contributed by atoms with Crippen molar-refractivity contribution >= 4 is 23.2 Å². The molecule has 0 aromatic heterocycles. The van der Waals surface area contributed by atoms with Crippen LogP contribution in [0.4, 0.5) is 5.69 Å². The second-order valence-corrected chi connectivity index (χ2v) is 5.58. The number of non-ortho nitro benzene ring substituents is 1. The molecular weight excluding hydrogens is 294 g/mol. The number of nitro groups is 1. The van der Waals surface area contributed by atoms with Crippen molar-refractivity contribution in [2.75, 3.05) is 20.1 Å². The standard InChI is InChI=1S/C14H18ClN3O3/c1-16-11-3-2-6-17(9-11)14(19)7-10-4-5-12(18(20)21)8-13(10)15/h4-5,8,11,16H,2-3,6-7,9H2,1H3. The summed E-state index contributed by atoms with van der Waals surface area (Å²) < 4.78 is 0. The van der Waals surface area contributed by atoms with E-state index in [0.717, 1.165) is 19.4 Å². The van der Waals surface area contributed by atoms with E-state index < -0.39 is 4.92 Å². The van der Waals surface area contributed by atoms with Gasteiger partial charge >= 0.3 is 0 Å². The van der Waals surface area contributed by atoms with E-state index in [1.54, 1.807) is 6.07 Å². The lowest BCUT2D eigenvalue weighted by atomic mass is 10.0. The van der Waals surface area contributed by atoms with Gasteiger partial charge in [-0.15, -0.1) is 0 Å². The number of amides is 1. The Hall–Kier alpha value is -1.66. The zero-order valence-corrected chi connectivity index (χ0v) is 12.6. The van der Waals surface area contributed by atoms with Crippen molar-refractivity contribution in [1.82, 2.24) is 10.2 Å². The van der Waals surface area contributed by atoms with Crippen LogP contribution in [0.5, 0.6) is 0 Å². The van der Waals surface area contributed by atoms with Crippen LogP contribution in [0.3, 0.4) is 0 Å². The Morgan fingerprint density at radius 2 is 2.33 bits per heavy atom. The minimum absolute atomic E-state index is 0.00528. The van der Waals surface area contributed by atoms with Gasteiger partial charge in [0.15, 0.2) is 0 Å². The Bertz CT molecular complexity index is 550. The molecule has 1 aliphatic heterocycles. The van der Waals surface area contributed by atoms with Crippen LogP contribution in [0.2, 0.25) is 5.02 Å². The highest BCUT2D eigenvalue weighted by atomic mass is 35.5. The lowest BCUT2D eigenvalue weighted by molar-refractivity contribution is -0.384. The monoisotopic (exact) mass is 311 g/mol. The predicted molar refractivity (Wildman–Crippen MR) is 80.5 cm³/mol. The number of benzene rings is 1. The number of halogens is 1. The summed E-state index contributed by atoms with van der Waals surface area (Å²) in [5.74, 6) is 0.00528. The first-order valence-electron chi connectivity index (χ1n) is 6.89. The molecule has 2 rings (SSSR count). The molecule has 1 heterocycles. The van der Waals surface area contributed by atoms with Crippen molar-refractivity contribution in [3.63, 3.8) is 0 Å². The van der Waals surface area contributed by atoms with Crippen molar-refractivity contribution in [1.29, 1.82) is 0 Å². The number of carbonyl (C=O) groups excluding carboxylic acids is 1. The summed E-state index contributed by atoms with van der Waals surface area (Å²) in [6.45, 7) is 1.45. The summed E-state index contributed by atoms with van der Waals surface area (Å²) in [4.78, 5) is 24.3. The SMILES string of the molecule is CNC1CCCN(C(=O)Cc2ccc([N+](=O)[O-])cc2Cl)C1. The summed E-state index contributed by atoms with van der Waals surface area (Å²) >= 11 is 6.02. The highest BCUT2D eigenvalue weighted by Gasteiger charge is 2.23. The Labute approximate surface area is 128 Å². The van der Waals surface area contributed by atoms with E-state index in [1.807, 2.05) is 11.9 Å². The molecule has 1 aromatic carbocycles. The van der Waals surface area contributed by atoms with E-state index in [2.05, 4.69) is 5.32 Å². The normalized spacial score (nSPS) is 18.6. The molecule has 0 bridgehead atoms. The lowest BCUT2D eigenvalue weighted by Crippen LogP contribution is -2.47. The fraction of sp³-hybridized carbons (Fsp3) is 0.500. The van der Waals surface area contributed by atoms with Gasteiger partial charge in [-0.1, -0.05) is 17.7 Å². The molecule has 21 heavy (non-hydrogen) atoms. The number of nitrogens with one attached hydrogen (secondary N) is 1. The molecule has 1 fully saturated rings. The Balaban J connectivity index is 2.04. The molecule has 1 atom stereocenters. The minimum atomic E-state index is -0.500. The minimum Gasteiger partial charge on any atom is -0.341 e. The van der Waals surface area contributed by atoms with Crippen molar-refractivity contribution < 1.29 is 9.72 Å². The van der Waals surface area contributed by atoms with E-state index in [0.29, 0.717) is 18.2 Å². The summed E-state index contributed by atoms with van der Waals surface area (Å²) in [6.07, 6.45) is 2.22. The van der Waals surface area contributed by atoms with Gasteiger partial charge in [0.2, 0.25) is 5.91 Å². The predicted octanol–water partition coefficient (Wildman–Crippen LogP) is 2.00. The zero-order chi connectivity index (χ0) is 15.4. The van der Waals surface area contributed by atoms with E-state index in [9.17, 15) is 14.9 Å². The van der Waals surface area contributed by atoms with Gasteiger partial charge in [-0.25, -0.2) is 0 Å². The van der Waals surface area contributed by atoms with Crippen LogP contribution in [-0.4, -0.2) is 41.9 Å². The number of carbonyl (C=O) groups is 1. The van der Waals surface area contributed by atoms with Crippen molar-refractivity contribution in [3.05, 3.63) is 38.9 Å². The van der Waals surface area contributed by atoms with Crippen LogP contribution in [0.15, 0.2) is 18.2 Å². The molecule has 6 nitrogen and oxygen atoms in total. The number of hydrogen-bond donors (Lipinski definition) is 1. The molecule has 1 aromatic rings. The molecule has 0 aliphatic carbocycles. The second-order valence-electron chi connectivity index (χ2n) is 5.18. The first-order valence-corrected chi connectivity index (χ1v) is 7.27. The van der Waals surface area contributed by atoms with Gasteiger partial charge in [0.1, 0.15) is 0 Å². The maximum atomic E-state index is 12.3. The van der Waals surface area contributed by atoms with Gasteiger partial charge in [-0.3, -0.25) is 14.9 Å². The van der Waals surface area contributed by atoms with Crippen LogP contribution >= 0.6 is 11.6 Å². The molecular formula is C14H18ClN3O3. The molecule has 114 valence electrons. The molecule has 1 unspecified atom stereocenters. The number of rotatable bonds is 4. The largest absolute Gasteiger partial charge is 0.341 e. The summed E-state index contributed by atoms with van der Waals surface area (Å²) in [7, 11) is 1.89. The van der Waals surface area contributed by atoms with Crippen molar-refractivity contribution in [3.8, 4) is 0 Å². The fourth-order valence-electron chi connectivity index (χ4n) is 2.51. The van der Waals surface area contributed by atoms with E-state index in [-0.39, 0.29) is 23.0 Å². The summed E-state index contributed by atoms with van der Waals surface area (Å²) in [5.41, 5.74) is 0.559. The average molecular weight is 312 g/mol. The molecule has 1 aliphatic rings. The molecule has 7 heteroatoms. The van der Waals surface area contributed by atoms with Crippen LogP contribution in [0.1, 0.15) is 18.4 Å². The van der Waals surface area contributed by atoms with Gasteiger partial charge < -0.3 is 10.2 Å². The summed E-state index contributed by atoms with van der Waals surface area (Å²) in [6, 6.07) is 4.55. The van der Waals surface area contributed by atoms with E-state index in [4.69, 9.17) is 11.6 Å². The second kappa shape index (κ2) is 6.87. The van der Waals surface area contributed by atoms with Crippen LogP contribution < -0.4 is 5.32 Å². The lowest BCUT2D eigenvalue weighted by Gasteiger charge is -2.32. The average Bonchev–Trinajstić information content (AvgIpc) is 2.49. The quantitative estimate of drug-likeness (QED) is 0.681. The topological polar surface area (TPSA) is 75.5 Å². The number of nitrogens with zero attached hydrogens (tertiary/aromatic N) is 2. The van der Waals surface area contributed by atoms with Crippen LogP contribution in [0, 0.1) is 10.1 Å². The van der Waals surface area contributed by atoms with Gasteiger partial charge in [-0.05, 0) is 25.5 Å². The summed E-state index contributed by atoms with van der Waals surface area (Å²) in [5, 5.41) is 14.1. The van der Waals surface area contributed by atoms with Gasteiger partial charge in [0, 0.05) is 31.3 Å². The molecule has 0 saturated carbocycles. The number of hydrogen-bond acceptors (Lipinski definition) is 4. The van der Waals surface area contributed by atoms with Crippen molar-refractivity contribution in [2.45, 2.75) is 25.3 Å².